The van der Waals surface area contributed by atoms with Gasteiger partial charge in [0.1, 0.15) is 0 Å². The van der Waals surface area contributed by atoms with Crippen LogP contribution in [0.15, 0.2) is 66.2 Å². The molecule has 158 valence electrons. The average Bonchev–Trinajstić information content (AvgIpc) is 3.37. The summed E-state index contributed by atoms with van der Waals surface area (Å²) in [4.78, 5) is 33.6. The van der Waals surface area contributed by atoms with Crippen molar-refractivity contribution in [1.82, 2.24) is 4.57 Å². The summed E-state index contributed by atoms with van der Waals surface area (Å²) in [6.07, 6.45) is 1.72. The Bertz CT molecular complexity index is 1220. The van der Waals surface area contributed by atoms with E-state index >= 15 is 0 Å². The van der Waals surface area contributed by atoms with Crippen molar-refractivity contribution in [2.45, 2.75) is 13.5 Å². The summed E-state index contributed by atoms with van der Waals surface area (Å²) in [6, 6.07) is 15.8. The van der Waals surface area contributed by atoms with Gasteiger partial charge in [-0.3, -0.25) is 0 Å². The number of nitrogens with zero attached hydrogens (tertiary/aromatic N) is 1. The molecule has 4 aromatic rings. The fraction of sp³-hybridized carbons (Fsp3) is 0.0870. The normalized spacial score (nSPS) is 10.4. The summed E-state index contributed by atoms with van der Waals surface area (Å²) in [5, 5.41) is 29.4. The van der Waals surface area contributed by atoms with E-state index in [4.69, 9.17) is 10.2 Å². The highest BCUT2D eigenvalue weighted by Gasteiger charge is 2.14. The maximum absolute atomic E-state index is 11.2. The lowest BCUT2D eigenvalue weighted by atomic mass is 10.0. The van der Waals surface area contributed by atoms with Gasteiger partial charge in [0, 0.05) is 22.0 Å². The highest BCUT2D eigenvalue weighted by atomic mass is 32.1. The van der Waals surface area contributed by atoms with Gasteiger partial charge in [0.15, 0.2) is 0 Å². The van der Waals surface area contributed by atoms with E-state index in [-0.39, 0.29) is 16.7 Å². The van der Waals surface area contributed by atoms with Crippen LogP contribution in [0.1, 0.15) is 41.5 Å². The number of thiophene rings is 1. The third-order valence-electron chi connectivity index (χ3n) is 4.72. The fourth-order valence-electron chi connectivity index (χ4n) is 3.22. The Hall–Kier alpha value is -3.91. The van der Waals surface area contributed by atoms with E-state index in [2.05, 4.69) is 6.07 Å². The van der Waals surface area contributed by atoms with Gasteiger partial charge in [-0.2, -0.15) is 0 Å². The fourth-order valence-corrected chi connectivity index (χ4v) is 3.92. The Kier molecular flexibility index (Phi) is 6.52. The number of hydrogen-bond acceptors (Lipinski definition) is 4. The summed E-state index contributed by atoms with van der Waals surface area (Å²) in [7, 11) is 0. The van der Waals surface area contributed by atoms with Crippen molar-refractivity contribution < 1.29 is 29.7 Å². The molecular weight excluding hydrogens is 418 g/mol. The van der Waals surface area contributed by atoms with Crippen molar-refractivity contribution in [1.29, 1.82) is 0 Å². The number of aromatic nitrogens is 1. The molecular formula is C23H19NO6S. The Balaban J connectivity index is 0.000000187. The van der Waals surface area contributed by atoms with Gasteiger partial charge in [-0.1, -0.05) is 30.3 Å². The molecule has 0 aliphatic rings. The predicted octanol–water partition coefficient (Wildman–Crippen LogP) is 4.84. The number of para-hydroxylation sites is 1. The van der Waals surface area contributed by atoms with Crippen LogP contribution in [-0.4, -0.2) is 37.8 Å². The summed E-state index contributed by atoms with van der Waals surface area (Å²) >= 11 is 1.68. The maximum atomic E-state index is 11.2. The Morgan fingerprint density at radius 2 is 1.42 bits per heavy atom. The molecule has 7 nitrogen and oxygen atoms in total. The molecule has 0 saturated heterocycles. The molecule has 0 aliphatic carbocycles. The second-order valence-electron chi connectivity index (χ2n) is 6.66. The van der Waals surface area contributed by atoms with Crippen molar-refractivity contribution in [3.63, 3.8) is 0 Å². The Morgan fingerprint density at radius 3 is 1.97 bits per heavy atom. The molecule has 0 spiro atoms. The highest BCUT2D eigenvalue weighted by Crippen LogP contribution is 2.23. The molecule has 4 rings (SSSR count). The van der Waals surface area contributed by atoms with Crippen LogP contribution in [0.4, 0.5) is 0 Å². The van der Waals surface area contributed by atoms with E-state index in [1.54, 1.807) is 17.5 Å². The van der Waals surface area contributed by atoms with E-state index in [0.717, 1.165) is 10.9 Å². The van der Waals surface area contributed by atoms with E-state index in [1.807, 2.05) is 40.3 Å². The van der Waals surface area contributed by atoms with Gasteiger partial charge in [0.05, 0.1) is 23.2 Å². The smallest absolute Gasteiger partial charge is 0.337 e. The van der Waals surface area contributed by atoms with Crippen molar-refractivity contribution in [3.05, 3.63) is 93.3 Å². The van der Waals surface area contributed by atoms with Crippen LogP contribution >= 0.6 is 11.3 Å². The molecule has 0 amide bonds. The Morgan fingerprint density at radius 1 is 0.806 bits per heavy atom. The lowest BCUT2D eigenvalue weighted by Crippen LogP contribution is -2.06. The summed E-state index contributed by atoms with van der Waals surface area (Å²) < 4.78 is 1.99. The van der Waals surface area contributed by atoms with Gasteiger partial charge >= 0.3 is 17.9 Å². The van der Waals surface area contributed by atoms with Crippen LogP contribution < -0.4 is 0 Å². The van der Waals surface area contributed by atoms with Crippen LogP contribution in [0.3, 0.4) is 0 Å². The lowest BCUT2D eigenvalue weighted by molar-refractivity contribution is 0.0682. The molecule has 0 atom stereocenters. The monoisotopic (exact) mass is 437 g/mol. The molecule has 0 radical (unpaired) electrons. The molecule has 0 bridgehead atoms. The topological polar surface area (TPSA) is 117 Å². The first kappa shape index (κ1) is 21.8. The minimum Gasteiger partial charge on any atom is -0.478 e. The van der Waals surface area contributed by atoms with Gasteiger partial charge in [-0.05, 0) is 42.1 Å². The first-order valence-electron chi connectivity index (χ1n) is 9.19. The van der Waals surface area contributed by atoms with Crippen LogP contribution in [0.25, 0.3) is 10.9 Å². The summed E-state index contributed by atoms with van der Waals surface area (Å²) in [5.74, 6) is -3.10. The predicted molar refractivity (Wildman–Crippen MR) is 117 cm³/mol. The van der Waals surface area contributed by atoms with Gasteiger partial charge in [0.25, 0.3) is 0 Å². The molecule has 2 aromatic heterocycles. The zero-order valence-corrected chi connectivity index (χ0v) is 17.3. The highest BCUT2D eigenvalue weighted by molar-refractivity contribution is 7.09. The van der Waals surface area contributed by atoms with Crippen LogP contribution in [0.5, 0.6) is 0 Å². The Labute approximate surface area is 181 Å². The van der Waals surface area contributed by atoms with Crippen LogP contribution in [0.2, 0.25) is 0 Å². The van der Waals surface area contributed by atoms with Gasteiger partial charge in [0.2, 0.25) is 0 Å². The second kappa shape index (κ2) is 9.27. The van der Waals surface area contributed by atoms with Crippen molar-refractivity contribution in [2.75, 3.05) is 0 Å². The summed E-state index contributed by atoms with van der Waals surface area (Å²) in [6.45, 7) is 2.19. The number of fused-ring (bicyclic) bond motifs is 1. The third-order valence-corrected chi connectivity index (χ3v) is 5.58. The number of rotatable bonds is 5. The molecule has 0 unspecified atom stereocenters. The average molecular weight is 437 g/mol. The number of hydrogen-bond donors (Lipinski definition) is 3. The van der Waals surface area contributed by atoms with Crippen molar-refractivity contribution >= 4 is 40.1 Å². The zero-order chi connectivity index (χ0) is 22.5. The minimum absolute atomic E-state index is 0.0277. The standard InChI is InChI=1S/C14H11NO2S.C9H8O4/c16-14(17)12-9-15(8-10-4-3-7-18-10)13-6-2-1-5-11(12)13;1-5-6(8(10)11)3-2-4-7(5)9(12)13/h1-7,9H,8H2,(H,16,17);2-4H,1H3,(H,10,11)(H,12,13). The molecule has 0 saturated carbocycles. The van der Waals surface area contributed by atoms with Crippen molar-refractivity contribution in [3.8, 4) is 0 Å². The number of benzene rings is 2. The molecule has 3 N–H and O–H groups in total. The SMILES string of the molecule is Cc1c(C(=O)O)cccc1C(=O)O.O=C(O)c1cn(Cc2cccs2)c2ccccc12. The third kappa shape index (κ3) is 4.81. The van der Waals surface area contributed by atoms with E-state index in [9.17, 15) is 19.5 Å². The van der Waals surface area contributed by atoms with Gasteiger partial charge in [-0.15, -0.1) is 11.3 Å². The van der Waals surface area contributed by atoms with Crippen LogP contribution in [0, 0.1) is 6.92 Å². The lowest BCUT2D eigenvalue weighted by Gasteiger charge is -2.03. The molecule has 0 aliphatic heterocycles. The second-order valence-corrected chi connectivity index (χ2v) is 7.69. The first-order chi connectivity index (χ1) is 14.8. The van der Waals surface area contributed by atoms with E-state index in [1.165, 1.54) is 30.0 Å². The molecule has 8 heteroatoms. The molecule has 2 aromatic carbocycles. The van der Waals surface area contributed by atoms with Crippen LogP contribution in [-0.2, 0) is 6.54 Å². The van der Waals surface area contributed by atoms with Gasteiger partial charge in [-0.25, -0.2) is 14.4 Å². The molecule has 2 heterocycles. The number of aromatic carboxylic acids is 3. The van der Waals surface area contributed by atoms with E-state index < -0.39 is 17.9 Å². The molecule has 0 fully saturated rings. The summed E-state index contributed by atoms with van der Waals surface area (Å²) in [5.41, 5.74) is 1.66. The largest absolute Gasteiger partial charge is 0.478 e. The maximum Gasteiger partial charge on any atom is 0.337 e. The molecule has 31 heavy (non-hydrogen) atoms. The van der Waals surface area contributed by atoms with Crippen molar-refractivity contribution in [2.24, 2.45) is 0 Å². The number of carboxylic acid groups (broad SMARTS) is 3. The number of carbonyl (C=O) groups is 3. The van der Waals surface area contributed by atoms with Gasteiger partial charge < -0.3 is 19.9 Å². The van der Waals surface area contributed by atoms with E-state index in [0.29, 0.717) is 12.1 Å². The minimum atomic E-state index is -1.11. The number of carboxylic acids is 3. The quantitative estimate of drug-likeness (QED) is 0.411. The zero-order valence-electron chi connectivity index (χ0n) is 16.5. The first-order valence-corrected chi connectivity index (χ1v) is 10.1.